The summed E-state index contributed by atoms with van der Waals surface area (Å²) in [5.41, 5.74) is 1.49. The molecule has 0 aromatic heterocycles. The Balaban J connectivity index is 1.81. The Hall–Kier alpha value is -1.29. The zero-order valence-electron chi connectivity index (χ0n) is 16.7. The molecule has 2 unspecified atom stereocenters. The van der Waals surface area contributed by atoms with E-state index < -0.39 is 5.60 Å². The summed E-state index contributed by atoms with van der Waals surface area (Å²) in [6.07, 6.45) is 6.83. The molecule has 2 atom stereocenters. The fourth-order valence-corrected chi connectivity index (χ4v) is 5.40. The first-order valence-electron chi connectivity index (χ1n) is 10.3. The fourth-order valence-electron chi connectivity index (χ4n) is 4.15. The van der Waals surface area contributed by atoms with Gasteiger partial charge in [-0.3, -0.25) is 0 Å². The first-order valence-corrected chi connectivity index (χ1v) is 11.2. The van der Waals surface area contributed by atoms with E-state index in [9.17, 15) is 5.11 Å². The third kappa shape index (κ3) is 5.60. The molecule has 0 heterocycles. The predicted molar refractivity (Wildman–Crippen MR) is 117 cm³/mol. The van der Waals surface area contributed by atoms with Gasteiger partial charge in [0.1, 0.15) is 0 Å². The summed E-state index contributed by atoms with van der Waals surface area (Å²) in [5.74, 6) is -0.0496. The van der Waals surface area contributed by atoms with Crippen molar-refractivity contribution in [2.24, 2.45) is 0 Å². The first-order chi connectivity index (χ1) is 13.1. The molecule has 0 amide bonds. The molecule has 3 heteroatoms. The van der Waals surface area contributed by atoms with Crippen molar-refractivity contribution in [2.45, 2.75) is 67.6 Å². The van der Waals surface area contributed by atoms with Gasteiger partial charge in [0.15, 0.2) is 0 Å². The molecule has 27 heavy (non-hydrogen) atoms. The van der Waals surface area contributed by atoms with Crippen LogP contribution in [-0.4, -0.2) is 29.0 Å². The van der Waals surface area contributed by atoms with Crippen molar-refractivity contribution >= 4 is 11.8 Å². The Morgan fingerprint density at radius 2 is 1.63 bits per heavy atom. The van der Waals surface area contributed by atoms with Crippen molar-refractivity contribution in [1.29, 1.82) is 0 Å². The summed E-state index contributed by atoms with van der Waals surface area (Å²) in [4.78, 5) is 1.35. The number of likely N-dealkylation sites (N-methyl/N-ethyl adjacent to an activating group) is 1. The quantitative estimate of drug-likeness (QED) is 0.622. The van der Waals surface area contributed by atoms with E-state index in [-0.39, 0.29) is 5.92 Å². The lowest BCUT2D eigenvalue weighted by Crippen LogP contribution is -2.43. The van der Waals surface area contributed by atoms with Gasteiger partial charge in [0.2, 0.25) is 0 Å². The van der Waals surface area contributed by atoms with Gasteiger partial charge in [-0.2, -0.15) is 0 Å². The molecule has 3 rings (SSSR count). The first kappa shape index (κ1) is 20.4. The van der Waals surface area contributed by atoms with E-state index in [0.717, 1.165) is 17.4 Å². The summed E-state index contributed by atoms with van der Waals surface area (Å²) in [5, 5.41) is 15.4. The average Bonchev–Trinajstić information content (AvgIpc) is 2.69. The van der Waals surface area contributed by atoms with Gasteiger partial charge < -0.3 is 10.4 Å². The Morgan fingerprint density at radius 1 is 1.00 bits per heavy atom. The van der Waals surface area contributed by atoms with Crippen LogP contribution < -0.4 is 5.32 Å². The molecule has 146 valence electrons. The molecule has 0 radical (unpaired) electrons. The molecule has 0 bridgehead atoms. The van der Waals surface area contributed by atoms with Crippen LogP contribution in [0.4, 0.5) is 0 Å². The maximum Gasteiger partial charge on any atom is 0.0852 e. The highest BCUT2D eigenvalue weighted by Crippen LogP contribution is 2.37. The third-order valence-electron chi connectivity index (χ3n) is 5.56. The van der Waals surface area contributed by atoms with E-state index in [1.54, 1.807) is 0 Å². The van der Waals surface area contributed by atoms with E-state index in [1.807, 2.05) is 24.8 Å². The molecule has 1 aliphatic carbocycles. The van der Waals surface area contributed by atoms with E-state index in [1.165, 1.54) is 42.6 Å². The third-order valence-corrected chi connectivity index (χ3v) is 6.91. The highest BCUT2D eigenvalue weighted by Gasteiger charge is 2.34. The molecule has 1 fully saturated rings. The Bertz CT molecular complexity index is 677. The molecular weight excluding hydrogens is 350 g/mol. The number of hydrogen-bond acceptors (Lipinski definition) is 3. The normalized spacial score (nSPS) is 18.8. The summed E-state index contributed by atoms with van der Waals surface area (Å²) in [7, 11) is 0. The summed E-state index contributed by atoms with van der Waals surface area (Å²) in [6, 6.07) is 19.3. The van der Waals surface area contributed by atoms with Gasteiger partial charge in [0.05, 0.1) is 5.60 Å². The molecule has 2 N–H and O–H groups in total. The van der Waals surface area contributed by atoms with Crippen LogP contribution in [0.3, 0.4) is 0 Å². The standard InChI is InChI=1S/C24H33NOS/c1-3-25-18-24(2,26)23(19-10-6-4-7-11-19)20-14-16-22(17-15-20)27-21-12-8-5-9-13-21/h4,6-7,10-11,14-17,21,23,25-26H,3,5,8-9,12-13,18H2,1-2H3. The average molecular weight is 384 g/mol. The van der Waals surface area contributed by atoms with Crippen molar-refractivity contribution in [3.8, 4) is 0 Å². The predicted octanol–water partition coefficient (Wildman–Crippen LogP) is 5.60. The van der Waals surface area contributed by atoms with Gasteiger partial charge in [-0.05, 0) is 49.6 Å². The molecule has 1 saturated carbocycles. The number of rotatable bonds is 8. The van der Waals surface area contributed by atoms with Crippen LogP contribution in [0.1, 0.15) is 63.0 Å². The van der Waals surface area contributed by atoms with Crippen molar-refractivity contribution in [3.05, 3.63) is 65.7 Å². The topological polar surface area (TPSA) is 32.3 Å². The van der Waals surface area contributed by atoms with Gasteiger partial charge in [0.25, 0.3) is 0 Å². The zero-order valence-corrected chi connectivity index (χ0v) is 17.5. The van der Waals surface area contributed by atoms with E-state index in [4.69, 9.17) is 0 Å². The summed E-state index contributed by atoms with van der Waals surface area (Å²) in [6.45, 7) is 5.44. The van der Waals surface area contributed by atoms with E-state index in [0.29, 0.717) is 6.54 Å². The molecule has 0 aliphatic heterocycles. The van der Waals surface area contributed by atoms with Crippen molar-refractivity contribution < 1.29 is 5.11 Å². The molecule has 1 aliphatic rings. The van der Waals surface area contributed by atoms with Crippen LogP contribution in [-0.2, 0) is 0 Å². The molecule has 2 aromatic carbocycles. The minimum atomic E-state index is -0.852. The van der Waals surface area contributed by atoms with Gasteiger partial charge in [-0.15, -0.1) is 11.8 Å². The molecule has 0 spiro atoms. The van der Waals surface area contributed by atoms with Crippen LogP contribution in [0.25, 0.3) is 0 Å². The van der Waals surface area contributed by atoms with Crippen molar-refractivity contribution in [3.63, 3.8) is 0 Å². The van der Waals surface area contributed by atoms with Crippen LogP contribution in [0, 0.1) is 0 Å². The number of hydrogen-bond donors (Lipinski definition) is 2. The van der Waals surface area contributed by atoms with Crippen LogP contribution in [0.5, 0.6) is 0 Å². The molecule has 2 nitrogen and oxygen atoms in total. The van der Waals surface area contributed by atoms with E-state index in [2.05, 4.69) is 60.8 Å². The summed E-state index contributed by atoms with van der Waals surface area (Å²) < 4.78 is 0. The SMILES string of the molecule is CCNCC(C)(O)C(c1ccccc1)c1ccc(SC2CCCCC2)cc1. The van der Waals surface area contributed by atoms with Crippen LogP contribution in [0.15, 0.2) is 59.5 Å². The smallest absolute Gasteiger partial charge is 0.0852 e. The van der Waals surface area contributed by atoms with Gasteiger partial charge in [0, 0.05) is 22.6 Å². The fraction of sp³-hybridized carbons (Fsp3) is 0.500. The van der Waals surface area contributed by atoms with Gasteiger partial charge in [-0.25, -0.2) is 0 Å². The lowest BCUT2D eigenvalue weighted by atomic mass is 9.78. The molecule has 0 saturated heterocycles. The summed E-state index contributed by atoms with van der Waals surface area (Å²) >= 11 is 2.03. The lowest BCUT2D eigenvalue weighted by Gasteiger charge is -2.34. The van der Waals surface area contributed by atoms with Crippen LogP contribution >= 0.6 is 11.8 Å². The molecular formula is C24H33NOS. The largest absolute Gasteiger partial charge is 0.388 e. The minimum absolute atomic E-state index is 0.0496. The maximum absolute atomic E-state index is 11.3. The van der Waals surface area contributed by atoms with Gasteiger partial charge >= 0.3 is 0 Å². The zero-order chi connectivity index (χ0) is 19.1. The lowest BCUT2D eigenvalue weighted by molar-refractivity contribution is 0.0434. The monoisotopic (exact) mass is 383 g/mol. The number of aliphatic hydroxyl groups is 1. The second-order valence-electron chi connectivity index (χ2n) is 7.93. The highest BCUT2D eigenvalue weighted by atomic mass is 32.2. The van der Waals surface area contributed by atoms with Crippen molar-refractivity contribution in [1.82, 2.24) is 5.32 Å². The molecule has 2 aromatic rings. The Morgan fingerprint density at radius 3 is 2.26 bits per heavy atom. The second kappa shape index (κ2) is 9.77. The maximum atomic E-state index is 11.3. The van der Waals surface area contributed by atoms with Crippen molar-refractivity contribution in [2.75, 3.05) is 13.1 Å². The minimum Gasteiger partial charge on any atom is -0.388 e. The van der Waals surface area contributed by atoms with E-state index >= 15 is 0 Å². The van der Waals surface area contributed by atoms with Gasteiger partial charge in [-0.1, -0.05) is 68.7 Å². The Labute approximate surface area is 168 Å². The Kier molecular flexibility index (Phi) is 7.40. The number of nitrogens with one attached hydrogen (secondary N) is 1. The highest BCUT2D eigenvalue weighted by molar-refractivity contribution is 8.00. The van der Waals surface area contributed by atoms with Crippen LogP contribution in [0.2, 0.25) is 0 Å². The number of benzene rings is 2. The number of thioether (sulfide) groups is 1. The second-order valence-corrected chi connectivity index (χ2v) is 9.30.